The lowest BCUT2D eigenvalue weighted by molar-refractivity contribution is -0.137. The zero-order chi connectivity index (χ0) is 21.6. The molecule has 1 aliphatic heterocycles. The molecule has 1 aromatic heterocycles. The van der Waals surface area contributed by atoms with Gasteiger partial charge in [0, 0.05) is 19.4 Å². The Morgan fingerprint density at radius 3 is 2.66 bits per heavy atom. The molecule has 0 saturated carbocycles. The number of nitrogens with two attached hydrogens (primary N) is 2. The lowest BCUT2D eigenvalue weighted by Crippen LogP contribution is -2.46. The predicted molar refractivity (Wildman–Crippen MR) is 98.2 cm³/mol. The summed E-state index contributed by atoms with van der Waals surface area (Å²) >= 11 is 0. The van der Waals surface area contributed by atoms with Crippen molar-refractivity contribution in [1.29, 1.82) is 0 Å². The first-order valence-corrected chi connectivity index (χ1v) is 9.35. The van der Waals surface area contributed by atoms with Crippen LogP contribution < -0.4 is 16.8 Å². The van der Waals surface area contributed by atoms with Gasteiger partial charge >= 0.3 is 12.0 Å². The van der Waals surface area contributed by atoms with Crippen LogP contribution in [0.5, 0.6) is 0 Å². The van der Waals surface area contributed by atoms with Crippen LogP contribution in [0, 0.1) is 0 Å². The molecule has 12 nitrogen and oxygen atoms in total. The number of carboxylic acids is 1. The minimum absolute atomic E-state index is 0.00250. The van der Waals surface area contributed by atoms with Crippen LogP contribution in [-0.2, 0) is 14.4 Å². The third-order valence-corrected chi connectivity index (χ3v) is 4.72. The maximum atomic E-state index is 12.7. The van der Waals surface area contributed by atoms with E-state index in [-0.39, 0.29) is 43.2 Å². The molecule has 6 N–H and O–H groups in total. The molecule has 160 valence electrons. The van der Waals surface area contributed by atoms with Gasteiger partial charge in [-0.05, 0) is 32.6 Å². The molecule has 12 heteroatoms. The van der Waals surface area contributed by atoms with E-state index in [2.05, 4.69) is 15.5 Å². The van der Waals surface area contributed by atoms with Crippen LogP contribution in [0.2, 0.25) is 0 Å². The molecule has 1 saturated heterocycles. The van der Waals surface area contributed by atoms with Crippen LogP contribution in [0.25, 0.3) is 0 Å². The number of amides is 3. The minimum atomic E-state index is -1.05. The number of ketones is 1. The van der Waals surface area contributed by atoms with Gasteiger partial charge < -0.3 is 31.3 Å². The average Bonchev–Trinajstić information content (AvgIpc) is 3.32. The highest BCUT2D eigenvalue weighted by molar-refractivity contribution is 5.87. The summed E-state index contributed by atoms with van der Waals surface area (Å²) in [6, 6.07) is -2.57. The first-order chi connectivity index (χ1) is 13.7. The molecule has 1 aliphatic rings. The van der Waals surface area contributed by atoms with Gasteiger partial charge in [0.1, 0.15) is 6.04 Å². The molecule has 0 bridgehead atoms. The van der Waals surface area contributed by atoms with Crippen molar-refractivity contribution in [2.24, 2.45) is 11.5 Å². The lowest BCUT2D eigenvalue weighted by atomic mass is 10.1. The summed E-state index contributed by atoms with van der Waals surface area (Å²) in [5.41, 5.74) is 11.0. The number of carbonyl (C=O) groups is 4. The normalized spacial score (nSPS) is 18.3. The van der Waals surface area contributed by atoms with E-state index in [4.69, 9.17) is 21.1 Å². The lowest BCUT2D eigenvalue weighted by Gasteiger charge is -2.25. The first-order valence-electron chi connectivity index (χ1n) is 9.35. The zero-order valence-electron chi connectivity index (χ0n) is 16.2. The van der Waals surface area contributed by atoms with Gasteiger partial charge in [0.05, 0.1) is 12.1 Å². The van der Waals surface area contributed by atoms with E-state index in [1.54, 1.807) is 0 Å². The molecule has 2 rings (SSSR count). The Hall–Kier alpha value is -3.02. The number of primary amides is 1. The number of Topliss-reactive ketones (excluding diaryl/α,β-unsaturated/α-hetero) is 1. The van der Waals surface area contributed by atoms with Crippen LogP contribution in [0.4, 0.5) is 4.79 Å². The Bertz CT molecular complexity index is 765. The molecule has 29 heavy (non-hydrogen) atoms. The summed E-state index contributed by atoms with van der Waals surface area (Å²) in [4.78, 5) is 51.8. The number of urea groups is 1. The monoisotopic (exact) mass is 410 g/mol. The fraction of sp³-hybridized carbons (Fsp3) is 0.647. The summed E-state index contributed by atoms with van der Waals surface area (Å²) in [6.45, 7) is 1.85. The molecular formula is C17H26N6O6. The van der Waals surface area contributed by atoms with Crippen molar-refractivity contribution >= 4 is 23.7 Å². The molecule has 3 atom stereocenters. The van der Waals surface area contributed by atoms with E-state index >= 15 is 0 Å². The molecule has 0 radical (unpaired) electrons. The first kappa shape index (κ1) is 22.3. The van der Waals surface area contributed by atoms with Gasteiger partial charge in [-0.1, -0.05) is 5.16 Å². The molecule has 0 aromatic carbocycles. The van der Waals surface area contributed by atoms with Crippen molar-refractivity contribution < 1.29 is 28.8 Å². The summed E-state index contributed by atoms with van der Waals surface area (Å²) in [6.07, 6.45) is 1.32. The minimum Gasteiger partial charge on any atom is -0.481 e. The summed E-state index contributed by atoms with van der Waals surface area (Å²) in [5, 5.41) is 15.4. The second-order valence-electron chi connectivity index (χ2n) is 7.00. The third-order valence-electron chi connectivity index (χ3n) is 4.72. The number of aromatic nitrogens is 2. The van der Waals surface area contributed by atoms with Gasteiger partial charge in [-0.3, -0.25) is 14.4 Å². The molecular weight excluding hydrogens is 384 g/mol. The second-order valence-corrected chi connectivity index (χ2v) is 7.00. The van der Waals surface area contributed by atoms with Crippen molar-refractivity contribution in [3.63, 3.8) is 0 Å². The fourth-order valence-corrected chi connectivity index (χ4v) is 3.16. The molecule has 1 fully saturated rings. The molecule has 0 spiro atoms. The van der Waals surface area contributed by atoms with Gasteiger partial charge in [-0.25, -0.2) is 4.79 Å². The van der Waals surface area contributed by atoms with Crippen molar-refractivity contribution in [3.05, 3.63) is 11.7 Å². The highest BCUT2D eigenvalue weighted by atomic mass is 16.5. The number of likely N-dealkylation sites (tertiary alicyclic amines) is 1. The van der Waals surface area contributed by atoms with Gasteiger partial charge in [-0.2, -0.15) is 4.98 Å². The van der Waals surface area contributed by atoms with E-state index in [1.165, 1.54) is 11.8 Å². The fourth-order valence-electron chi connectivity index (χ4n) is 3.16. The van der Waals surface area contributed by atoms with Crippen molar-refractivity contribution in [2.45, 2.75) is 63.6 Å². The van der Waals surface area contributed by atoms with Gasteiger partial charge in [0.15, 0.2) is 11.6 Å². The van der Waals surface area contributed by atoms with E-state index < -0.39 is 36.0 Å². The van der Waals surface area contributed by atoms with Crippen molar-refractivity contribution in [2.75, 3.05) is 6.54 Å². The topological polar surface area (TPSA) is 195 Å². The maximum absolute atomic E-state index is 12.7. The third kappa shape index (κ3) is 6.24. The highest BCUT2D eigenvalue weighted by Gasteiger charge is 2.34. The highest BCUT2D eigenvalue weighted by Crippen LogP contribution is 2.23. The van der Waals surface area contributed by atoms with Crippen LogP contribution >= 0.6 is 0 Å². The number of hydrogen-bond donors (Lipinski definition) is 4. The van der Waals surface area contributed by atoms with E-state index in [9.17, 15) is 19.2 Å². The molecule has 2 heterocycles. The summed E-state index contributed by atoms with van der Waals surface area (Å²) in [7, 11) is 0. The van der Waals surface area contributed by atoms with Crippen molar-refractivity contribution in [1.82, 2.24) is 20.4 Å². The number of nitrogens with zero attached hydrogens (tertiary/aromatic N) is 3. The number of carboxylic acid groups (broad SMARTS) is 1. The van der Waals surface area contributed by atoms with Crippen LogP contribution in [-0.4, -0.2) is 56.4 Å². The van der Waals surface area contributed by atoms with Gasteiger partial charge in [-0.15, -0.1) is 0 Å². The zero-order valence-corrected chi connectivity index (χ0v) is 16.2. The van der Waals surface area contributed by atoms with Crippen LogP contribution in [0.1, 0.15) is 69.2 Å². The predicted octanol–water partition coefficient (Wildman–Crippen LogP) is 0.00380. The smallest absolute Gasteiger partial charge is 0.318 e. The largest absolute Gasteiger partial charge is 0.481 e. The van der Waals surface area contributed by atoms with Crippen LogP contribution in [0.3, 0.4) is 0 Å². The number of hydrogen-bond acceptors (Lipinski definition) is 8. The Labute approximate surface area is 167 Å². The molecule has 0 aliphatic carbocycles. The number of carbonyl (C=O) groups excluding carboxylic acids is 3. The SMILES string of the molecule is CC(=O)C1CCCN1C(=O)N[C@@H](CCC(=O)O)c1nc([C@@H](N)CCC(N)=O)no1. The Morgan fingerprint density at radius 1 is 1.31 bits per heavy atom. The second kappa shape index (κ2) is 9.96. The number of aliphatic carboxylic acids is 1. The Kier molecular flexibility index (Phi) is 7.65. The quantitative estimate of drug-likeness (QED) is 0.410. The molecule has 1 aromatic rings. The Morgan fingerprint density at radius 2 is 2.03 bits per heavy atom. The summed E-state index contributed by atoms with van der Waals surface area (Å²) in [5.74, 6) is -1.55. The molecule has 3 amide bonds. The summed E-state index contributed by atoms with van der Waals surface area (Å²) < 4.78 is 5.17. The van der Waals surface area contributed by atoms with Gasteiger partial charge in [0.2, 0.25) is 11.8 Å². The van der Waals surface area contributed by atoms with Crippen LogP contribution in [0.15, 0.2) is 4.52 Å². The maximum Gasteiger partial charge on any atom is 0.318 e. The average molecular weight is 410 g/mol. The number of rotatable bonds is 10. The standard InChI is InChI=1S/C17H26N6O6/c1-9(24)12-3-2-8-23(12)17(28)20-11(5-7-14(26)27)16-21-15(22-29-16)10(18)4-6-13(19)25/h10-12H,2-8,18H2,1H3,(H2,19,25)(H,20,28)(H,26,27)/t10-,11-,12?/m0/s1. The molecule has 1 unspecified atom stereocenters. The number of nitrogens with one attached hydrogen (secondary N) is 1. The van der Waals surface area contributed by atoms with E-state index in [1.807, 2.05) is 0 Å². The van der Waals surface area contributed by atoms with Crippen molar-refractivity contribution in [3.8, 4) is 0 Å². The van der Waals surface area contributed by atoms with E-state index in [0.29, 0.717) is 19.4 Å². The van der Waals surface area contributed by atoms with E-state index in [0.717, 1.165) is 0 Å². The Balaban J connectivity index is 2.11. The van der Waals surface area contributed by atoms with Gasteiger partial charge in [0.25, 0.3) is 0 Å².